The Hall–Kier alpha value is -3.74. The number of imidazole rings is 1. The zero-order chi connectivity index (χ0) is 22.1. The van der Waals surface area contributed by atoms with Crippen LogP contribution < -0.4 is 5.32 Å². The maximum Gasteiger partial charge on any atom is 0.291 e. The van der Waals surface area contributed by atoms with Gasteiger partial charge in [0.1, 0.15) is 11.6 Å². The van der Waals surface area contributed by atoms with E-state index in [4.69, 9.17) is 4.42 Å². The molecule has 1 saturated carbocycles. The van der Waals surface area contributed by atoms with E-state index in [0.29, 0.717) is 16.9 Å². The third-order valence-electron chi connectivity index (χ3n) is 5.80. The van der Waals surface area contributed by atoms with Gasteiger partial charge in [-0.1, -0.05) is 12.8 Å². The van der Waals surface area contributed by atoms with Gasteiger partial charge in [0.05, 0.1) is 24.0 Å². The Labute approximate surface area is 183 Å². The summed E-state index contributed by atoms with van der Waals surface area (Å²) in [7, 11) is 0. The summed E-state index contributed by atoms with van der Waals surface area (Å²) in [5, 5.41) is 2.69. The molecule has 1 N–H and O–H groups in total. The highest BCUT2D eigenvalue weighted by molar-refractivity contribution is 6.02. The number of benzene rings is 2. The molecule has 2 aromatic carbocycles. The van der Waals surface area contributed by atoms with Crippen molar-refractivity contribution in [2.24, 2.45) is 0 Å². The van der Waals surface area contributed by atoms with Crippen molar-refractivity contribution in [3.05, 3.63) is 84.6 Å². The van der Waals surface area contributed by atoms with Crippen LogP contribution in [0, 0.1) is 11.6 Å². The minimum atomic E-state index is -0.485. The van der Waals surface area contributed by atoms with Gasteiger partial charge >= 0.3 is 0 Å². The van der Waals surface area contributed by atoms with Crippen molar-refractivity contribution in [3.8, 4) is 22.5 Å². The summed E-state index contributed by atoms with van der Waals surface area (Å²) >= 11 is 0. The number of carbonyl (C=O) groups is 1. The van der Waals surface area contributed by atoms with E-state index in [9.17, 15) is 13.6 Å². The number of rotatable bonds is 5. The molecule has 1 aliphatic carbocycles. The molecule has 0 aliphatic heterocycles. The monoisotopic (exact) mass is 433 g/mol. The standard InChI is InChI=1S/C25H21F2N3O2/c26-18-9-7-16(8-10-18)23-24(30(15-28-23)21-4-1-2-5-21)17-12-19(27)14-20(13-17)29-25(31)22-6-3-11-32-22/h3,6-15,21H,1-2,4-5H2,(H,29,31). The lowest BCUT2D eigenvalue weighted by Crippen LogP contribution is -2.11. The van der Waals surface area contributed by atoms with Gasteiger partial charge in [0.15, 0.2) is 5.76 Å². The Bertz CT molecular complexity index is 1240. The number of amides is 1. The SMILES string of the molecule is O=C(Nc1cc(F)cc(-c2c(-c3ccc(F)cc3)ncn2C2CCCC2)c1)c1ccco1. The van der Waals surface area contributed by atoms with E-state index in [1.807, 2.05) is 0 Å². The highest BCUT2D eigenvalue weighted by Crippen LogP contribution is 2.39. The lowest BCUT2D eigenvalue weighted by molar-refractivity contribution is 0.0996. The summed E-state index contributed by atoms with van der Waals surface area (Å²) < 4.78 is 35.4. The van der Waals surface area contributed by atoms with Gasteiger partial charge in [-0.15, -0.1) is 0 Å². The fourth-order valence-electron chi connectivity index (χ4n) is 4.32. The highest BCUT2D eigenvalue weighted by atomic mass is 19.1. The van der Waals surface area contributed by atoms with Gasteiger partial charge in [-0.3, -0.25) is 4.79 Å². The largest absolute Gasteiger partial charge is 0.459 e. The summed E-state index contributed by atoms with van der Waals surface area (Å²) in [6.45, 7) is 0. The summed E-state index contributed by atoms with van der Waals surface area (Å²) in [5.74, 6) is -1.14. The van der Waals surface area contributed by atoms with Crippen LogP contribution in [0.25, 0.3) is 22.5 Å². The number of furan rings is 1. The quantitative estimate of drug-likeness (QED) is 0.393. The van der Waals surface area contributed by atoms with Crippen molar-refractivity contribution >= 4 is 11.6 Å². The second-order valence-electron chi connectivity index (χ2n) is 7.95. The van der Waals surface area contributed by atoms with Gasteiger partial charge in [-0.2, -0.15) is 0 Å². The Kier molecular flexibility index (Phi) is 5.31. The maximum atomic E-state index is 14.7. The van der Waals surface area contributed by atoms with Crippen molar-refractivity contribution in [1.82, 2.24) is 9.55 Å². The number of hydrogen-bond donors (Lipinski definition) is 1. The van der Waals surface area contributed by atoms with Crippen LogP contribution in [-0.4, -0.2) is 15.5 Å². The highest BCUT2D eigenvalue weighted by Gasteiger charge is 2.24. The number of halogens is 2. The first-order valence-electron chi connectivity index (χ1n) is 10.6. The van der Waals surface area contributed by atoms with E-state index >= 15 is 0 Å². The Morgan fingerprint density at radius 1 is 1.00 bits per heavy atom. The molecule has 162 valence electrons. The van der Waals surface area contributed by atoms with Crippen molar-refractivity contribution < 1.29 is 18.0 Å². The van der Waals surface area contributed by atoms with Crippen LogP contribution in [0.3, 0.4) is 0 Å². The summed E-state index contributed by atoms with van der Waals surface area (Å²) in [5.41, 5.74) is 3.03. The van der Waals surface area contributed by atoms with Crippen molar-refractivity contribution in [3.63, 3.8) is 0 Å². The average molecular weight is 433 g/mol. The van der Waals surface area contributed by atoms with Gasteiger partial charge in [-0.25, -0.2) is 13.8 Å². The average Bonchev–Trinajstić information content (AvgIpc) is 3.55. The van der Waals surface area contributed by atoms with Crippen LogP contribution in [0.1, 0.15) is 42.3 Å². The lowest BCUT2D eigenvalue weighted by Gasteiger charge is -2.17. The molecule has 7 heteroatoms. The van der Waals surface area contributed by atoms with Gasteiger partial charge < -0.3 is 14.3 Å². The first kappa shape index (κ1) is 20.2. The number of nitrogens with zero attached hydrogens (tertiary/aromatic N) is 2. The van der Waals surface area contributed by atoms with Gasteiger partial charge in [0.25, 0.3) is 5.91 Å². The molecule has 0 bridgehead atoms. The molecule has 1 aliphatic rings. The Balaban J connectivity index is 1.59. The Morgan fingerprint density at radius 2 is 1.78 bits per heavy atom. The number of hydrogen-bond acceptors (Lipinski definition) is 3. The molecule has 32 heavy (non-hydrogen) atoms. The molecule has 0 saturated heterocycles. The fourth-order valence-corrected chi connectivity index (χ4v) is 4.32. The second-order valence-corrected chi connectivity index (χ2v) is 7.95. The molecule has 0 atom stereocenters. The van der Waals surface area contributed by atoms with Crippen LogP contribution in [-0.2, 0) is 0 Å². The molecule has 2 aromatic heterocycles. The molecular formula is C25H21F2N3O2. The molecule has 0 radical (unpaired) electrons. The molecule has 4 aromatic rings. The predicted molar refractivity (Wildman–Crippen MR) is 117 cm³/mol. The van der Waals surface area contributed by atoms with Crippen LogP contribution in [0.2, 0.25) is 0 Å². The zero-order valence-corrected chi connectivity index (χ0v) is 17.2. The van der Waals surface area contributed by atoms with Gasteiger partial charge in [0, 0.05) is 22.9 Å². The smallest absolute Gasteiger partial charge is 0.291 e. The minimum absolute atomic E-state index is 0.138. The molecule has 1 amide bonds. The van der Waals surface area contributed by atoms with E-state index in [0.717, 1.165) is 36.9 Å². The molecular weight excluding hydrogens is 412 g/mol. The van der Waals surface area contributed by atoms with Crippen LogP contribution >= 0.6 is 0 Å². The molecule has 0 spiro atoms. The van der Waals surface area contributed by atoms with E-state index < -0.39 is 11.7 Å². The molecule has 2 heterocycles. The summed E-state index contributed by atoms with van der Waals surface area (Å²) in [4.78, 5) is 17.0. The molecule has 5 rings (SSSR count). The van der Waals surface area contributed by atoms with Gasteiger partial charge in [-0.05, 0) is 67.4 Å². The first-order chi connectivity index (χ1) is 15.6. The van der Waals surface area contributed by atoms with E-state index in [2.05, 4.69) is 14.9 Å². The van der Waals surface area contributed by atoms with Crippen LogP contribution in [0.15, 0.2) is 71.6 Å². The third-order valence-corrected chi connectivity index (χ3v) is 5.80. The second kappa shape index (κ2) is 8.42. The van der Waals surface area contributed by atoms with Crippen LogP contribution in [0.4, 0.5) is 14.5 Å². The maximum absolute atomic E-state index is 14.7. The fraction of sp³-hybridized carbons (Fsp3) is 0.200. The van der Waals surface area contributed by atoms with E-state index in [1.165, 1.54) is 36.6 Å². The van der Waals surface area contributed by atoms with Crippen molar-refractivity contribution in [1.29, 1.82) is 0 Å². The topological polar surface area (TPSA) is 60.1 Å². The van der Waals surface area contributed by atoms with Crippen molar-refractivity contribution in [2.75, 3.05) is 5.32 Å². The third kappa shape index (κ3) is 3.93. The van der Waals surface area contributed by atoms with Gasteiger partial charge in [0.2, 0.25) is 0 Å². The molecule has 5 nitrogen and oxygen atoms in total. The zero-order valence-electron chi connectivity index (χ0n) is 17.2. The molecule has 0 unspecified atom stereocenters. The number of carbonyl (C=O) groups excluding carboxylic acids is 1. The number of nitrogens with one attached hydrogen (secondary N) is 1. The lowest BCUT2D eigenvalue weighted by atomic mass is 10.0. The normalized spacial score (nSPS) is 14.1. The predicted octanol–water partition coefficient (Wildman–Crippen LogP) is 6.46. The van der Waals surface area contributed by atoms with E-state index in [-0.39, 0.29) is 17.6 Å². The molecule has 1 fully saturated rings. The van der Waals surface area contributed by atoms with Crippen molar-refractivity contribution in [2.45, 2.75) is 31.7 Å². The minimum Gasteiger partial charge on any atom is -0.459 e. The number of anilines is 1. The summed E-state index contributed by atoms with van der Waals surface area (Å²) in [6.07, 6.45) is 7.47. The summed E-state index contributed by atoms with van der Waals surface area (Å²) in [6, 6.07) is 13.9. The van der Waals surface area contributed by atoms with E-state index in [1.54, 1.807) is 30.6 Å². The Morgan fingerprint density at radius 3 is 2.50 bits per heavy atom. The first-order valence-corrected chi connectivity index (χ1v) is 10.6. The van der Waals surface area contributed by atoms with Crippen LogP contribution in [0.5, 0.6) is 0 Å². The number of aromatic nitrogens is 2.